The fourth-order valence-corrected chi connectivity index (χ4v) is 2.56. The molecule has 0 radical (unpaired) electrons. The van der Waals surface area contributed by atoms with Gasteiger partial charge in [-0.15, -0.1) is 0 Å². The fraction of sp³-hybridized carbons (Fsp3) is 0.125. The number of carbonyl (C=O) groups is 1. The molecular weight excluding hydrogens is 321 g/mol. The molecule has 5 nitrogen and oxygen atoms in total. The minimum atomic E-state index is -0.417. The van der Waals surface area contributed by atoms with E-state index in [0.717, 1.165) is 0 Å². The Hall–Kier alpha value is -2.60. The lowest BCUT2D eigenvalue weighted by Crippen LogP contribution is -2.30. The number of halogens is 2. The van der Waals surface area contributed by atoms with Crippen LogP contribution in [0.1, 0.15) is 10.4 Å². The van der Waals surface area contributed by atoms with Crippen LogP contribution in [0.3, 0.4) is 0 Å². The number of hydrogen-bond acceptors (Lipinski definition) is 2. The average molecular weight is 334 g/mol. The molecule has 0 atom stereocenters. The first-order chi connectivity index (χ1) is 11.0. The van der Waals surface area contributed by atoms with Gasteiger partial charge >= 0.3 is 5.69 Å². The number of hydrogen-bond donors (Lipinski definition) is 2. The monoisotopic (exact) mass is 333 g/mol. The number of nitrogens with one attached hydrogen (secondary N) is 2. The zero-order valence-corrected chi connectivity index (χ0v) is 12.7. The molecule has 1 heterocycles. The van der Waals surface area contributed by atoms with Gasteiger partial charge in [-0.1, -0.05) is 17.7 Å². The van der Waals surface area contributed by atoms with E-state index in [1.54, 1.807) is 24.3 Å². The third-order valence-electron chi connectivity index (χ3n) is 3.44. The van der Waals surface area contributed by atoms with Crippen LogP contribution in [0.2, 0.25) is 5.02 Å². The number of carbonyl (C=O) groups excluding carboxylic acids is 1. The van der Waals surface area contributed by atoms with Crippen LogP contribution in [-0.2, 0) is 6.54 Å². The van der Waals surface area contributed by atoms with Gasteiger partial charge in [0.2, 0.25) is 0 Å². The molecule has 118 valence electrons. The maximum absolute atomic E-state index is 13.2. The molecule has 0 aliphatic rings. The van der Waals surface area contributed by atoms with Crippen LogP contribution in [-0.4, -0.2) is 22.0 Å². The molecule has 1 amide bonds. The van der Waals surface area contributed by atoms with Gasteiger partial charge in [-0.25, -0.2) is 9.18 Å². The molecule has 0 spiro atoms. The molecule has 7 heteroatoms. The number of rotatable bonds is 4. The number of aromatic amines is 1. The number of H-pyrrole nitrogens is 1. The van der Waals surface area contributed by atoms with Crippen molar-refractivity contribution in [3.63, 3.8) is 0 Å². The molecule has 1 aromatic heterocycles. The molecule has 0 bridgehead atoms. The van der Waals surface area contributed by atoms with Crippen LogP contribution in [0.15, 0.2) is 47.3 Å². The summed E-state index contributed by atoms with van der Waals surface area (Å²) in [6, 6.07) is 10.7. The van der Waals surface area contributed by atoms with Crippen LogP contribution >= 0.6 is 11.6 Å². The van der Waals surface area contributed by atoms with Gasteiger partial charge in [0.15, 0.2) is 0 Å². The van der Waals surface area contributed by atoms with Crippen molar-refractivity contribution in [2.24, 2.45) is 0 Å². The maximum atomic E-state index is 13.2. The van der Waals surface area contributed by atoms with Gasteiger partial charge in [0, 0.05) is 23.7 Å². The van der Waals surface area contributed by atoms with E-state index in [2.05, 4.69) is 10.3 Å². The van der Waals surface area contributed by atoms with E-state index in [0.29, 0.717) is 21.6 Å². The minimum absolute atomic E-state index is 0.260. The van der Waals surface area contributed by atoms with Crippen LogP contribution in [0, 0.1) is 5.82 Å². The summed E-state index contributed by atoms with van der Waals surface area (Å²) in [5.74, 6) is -0.688. The average Bonchev–Trinajstić information content (AvgIpc) is 2.82. The molecule has 3 rings (SSSR count). The zero-order valence-electron chi connectivity index (χ0n) is 12.0. The fourth-order valence-electron chi connectivity index (χ4n) is 2.37. The molecule has 0 unspecified atom stereocenters. The van der Waals surface area contributed by atoms with Gasteiger partial charge in [-0.2, -0.15) is 0 Å². The summed E-state index contributed by atoms with van der Waals surface area (Å²) < 4.78 is 14.6. The summed E-state index contributed by atoms with van der Waals surface area (Å²) in [6.45, 7) is 0.534. The summed E-state index contributed by atoms with van der Waals surface area (Å²) in [6.07, 6.45) is 0. The van der Waals surface area contributed by atoms with E-state index < -0.39 is 5.82 Å². The van der Waals surface area contributed by atoms with Crippen molar-refractivity contribution in [2.45, 2.75) is 6.54 Å². The Morgan fingerprint density at radius 3 is 2.87 bits per heavy atom. The van der Waals surface area contributed by atoms with E-state index in [4.69, 9.17) is 11.6 Å². The van der Waals surface area contributed by atoms with Gasteiger partial charge in [-0.3, -0.25) is 9.36 Å². The number of aromatic nitrogens is 2. The third-order valence-corrected chi connectivity index (χ3v) is 3.68. The van der Waals surface area contributed by atoms with Crippen LogP contribution in [0.4, 0.5) is 4.39 Å². The second-order valence-corrected chi connectivity index (χ2v) is 5.45. The highest BCUT2D eigenvalue weighted by molar-refractivity contribution is 6.30. The Kier molecular flexibility index (Phi) is 4.16. The number of amides is 1. The highest BCUT2D eigenvalue weighted by atomic mass is 35.5. The highest BCUT2D eigenvalue weighted by Gasteiger charge is 2.09. The normalized spacial score (nSPS) is 10.9. The molecule has 3 aromatic rings. The first-order valence-electron chi connectivity index (χ1n) is 6.96. The summed E-state index contributed by atoms with van der Waals surface area (Å²) >= 11 is 5.84. The number of benzene rings is 2. The van der Waals surface area contributed by atoms with Crippen molar-refractivity contribution in [3.8, 4) is 0 Å². The molecule has 0 aliphatic carbocycles. The third kappa shape index (κ3) is 3.27. The number of nitrogens with zero attached hydrogens (tertiary/aromatic N) is 1. The van der Waals surface area contributed by atoms with Crippen molar-refractivity contribution in [1.29, 1.82) is 0 Å². The van der Waals surface area contributed by atoms with E-state index >= 15 is 0 Å². The van der Waals surface area contributed by atoms with Crippen LogP contribution in [0.5, 0.6) is 0 Å². The minimum Gasteiger partial charge on any atom is -0.350 e. The van der Waals surface area contributed by atoms with Gasteiger partial charge < -0.3 is 10.3 Å². The Morgan fingerprint density at radius 1 is 1.26 bits per heavy atom. The Morgan fingerprint density at radius 2 is 2.09 bits per heavy atom. The predicted molar refractivity (Wildman–Crippen MR) is 86.3 cm³/mol. The summed E-state index contributed by atoms with van der Waals surface area (Å²) in [5, 5.41) is 3.20. The number of fused-ring (bicyclic) bond motifs is 1. The van der Waals surface area contributed by atoms with Crippen molar-refractivity contribution in [2.75, 3.05) is 6.54 Å². The maximum Gasteiger partial charge on any atom is 0.326 e. The van der Waals surface area contributed by atoms with E-state index in [1.165, 1.54) is 22.8 Å². The van der Waals surface area contributed by atoms with Crippen LogP contribution in [0.25, 0.3) is 11.0 Å². The van der Waals surface area contributed by atoms with Gasteiger partial charge in [0.05, 0.1) is 11.0 Å². The molecular formula is C16H13ClFN3O2. The highest BCUT2D eigenvalue weighted by Crippen LogP contribution is 2.12. The van der Waals surface area contributed by atoms with Crippen molar-refractivity contribution >= 4 is 28.5 Å². The quantitative estimate of drug-likeness (QED) is 0.770. The van der Waals surface area contributed by atoms with Crippen molar-refractivity contribution < 1.29 is 9.18 Å². The van der Waals surface area contributed by atoms with Crippen molar-refractivity contribution in [3.05, 3.63) is 69.4 Å². The zero-order chi connectivity index (χ0) is 16.4. The first kappa shape index (κ1) is 15.3. The molecule has 0 saturated carbocycles. The second-order valence-electron chi connectivity index (χ2n) is 5.01. The topological polar surface area (TPSA) is 66.9 Å². The van der Waals surface area contributed by atoms with E-state index in [9.17, 15) is 14.0 Å². The molecule has 0 aliphatic heterocycles. The molecule has 0 saturated heterocycles. The Balaban J connectivity index is 1.71. The summed E-state index contributed by atoms with van der Waals surface area (Å²) in [5.41, 5.74) is 1.12. The van der Waals surface area contributed by atoms with Gasteiger partial charge in [-0.05, 0) is 36.4 Å². The smallest absolute Gasteiger partial charge is 0.326 e. The lowest BCUT2D eigenvalue weighted by molar-refractivity contribution is 0.0952. The molecule has 2 N–H and O–H groups in total. The largest absolute Gasteiger partial charge is 0.350 e. The lowest BCUT2D eigenvalue weighted by atomic mass is 10.2. The summed E-state index contributed by atoms with van der Waals surface area (Å²) in [7, 11) is 0. The first-order valence-corrected chi connectivity index (χ1v) is 7.34. The summed E-state index contributed by atoms with van der Waals surface area (Å²) in [4.78, 5) is 26.5. The Labute approximate surface area is 135 Å². The van der Waals surface area contributed by atoms with E-state index in [-0.39, 0.29) is 24.7 Å². The van der Waals surface area contributed by atoms with Crippen molar-refractivity contribution in [1.82, 2.24) is 14.9 Å². The number of imidazole rings is 1. The van der Waals surface area contributed by atoms with E-state index in [1.807, 2.05) is 0 Å². The van der Waals surface area contributed by atoms with Gasteiger partial charge in [0.1, 0.15) is 5.82 Å². The SMILES string of the molecule is O=C(NCCn1c(=O)[nH]c2cc(F)ccc21)c1cccc(Cl)c1. The van der Waals surface area contributed by atoms with Gasteiger partial charge in [0.25, 0.3) is 5.91 Å². The lowest BCUT2D eigenvalue weighted by Gasteiger charge is -2.07. The standard InChI is InChI=1S/C16H13ClFN3O2/c17-11-3-1-2-10(8-11)15(22)19-6-7-21-14-5-4-12(18)9-13(14)20-16(21)23/h1-5,8-9H,6-7H2,(H,19,22)(H,20,23). The molecule has 23 heavy (non-hydrogen) atoms. The Bertz CT molecular complexity index is 932. The second kappa shape index (κ2) is 6.26. The molecule has 0 fully saturated rings. The molecule has 2 aromatic carbocycles. The predicted octanol–water partition coefficient (Wildman–Crippen LogP) is 2.55. The van der Waals surface area contributed by atoms with Crippen LogP contribution < -0.4 is 11.0 Å².